The Hall–Kier alpha value is -2.50. The number of nitrogens with one attached hydrogen (secondary N) is 2. The summed E-state index contributed by atoms with van der Waals surface area (Å²) < 4.78 is 35.2. The van der Waals surface area contributed by atoms with Crippen molar-refractivity contribution >= 4 is 35.6 Å². The summed E-state index contributed by atoms with van der Waals surface area (Å²) in [6, 6.07) is 12.1. The van der Waals surface area contributed by atoms with Gasteiger partial charge in [0.15, 0.2) is 17.5 Å². The number of phenolic OH excluding ortho intramolecular Hbond substituents is 1. The van der Waals surface area contributed by atoms with Crippen molar-refractivity contribution in [2.75, 3.05) is 31.6 Å². The van der Waals surface area contributed by atoms with Crippen molar-refractivity contribution < 1.29 is 23.4 Å². The molecular formula is C22H29F2IN4O3. The van der Waals surface area contributed by atoms with Gasteiger partial charge < -0.3 is 30.1 Å². The first-order valence-corrected chi connectivity index (χ1v) is 10.2. The second-order valence-corrected chi connectivity index (χ2v) is 7.12. The summed E-state index contributed by atoms with van der Waals surface area (Å²) in [5.41, 5.74) is 1.50. The predicted octanol–water partition coefficient (Wildman–Crippen LogP) is 3.95. The smallest absolute Gasteiger partial charge is 0.387 e. The van der Waals surface area contributed by atoms with Gasteiger partial charge in [0.2, 0.25) is 0 Å². The SMILES string of the molecule is CCNC(=NCc1ccc(OC)c(O)c1)NC1CCN(c2ccccc2OC(F)F)C1.I. The molecule has 1 fully saturated rings. The fourth-order valence-electron chi connectivity index (χ4n) is 3.53. The van der Waals surface area contributed by atoms with E-state index in [0.717, 1.165) is 12.0 Å². The van der Waals surface area contributed by atoms with Gasteiger partial charge in [0.05, 0.1) is 19.3 Å². The maximum absolute atomic E-state index is 12.7. The highest BCUT2D eigenvalue weighted by Crippen LogP contribution is 2.32. The molecule has 10 heteroatoms. The molecule has 3 rings (SSSR count). The van der Waals surface area contributed by atoms with Gasteiger partial charge >= 0.3 is 6.61 Å². The van der Waals surface area contributed by atoms with Gasteiger partial charge in [0, 0.05) is 25.7 Å². The Labute approximate surface area is 203 Å². The van der Waals surface area contributed by atoms with Gasteiger partial charge in [0.1, 0.15) is 5.75 Å². The van der Waals surface area contributed by atoms with Crippen molar-refractivity contribution in [2.24, 2.45) is 4.99 Å². The Bertz CT molecular complexity index is 901. The van der Waals surface area contributed by atoms with Crippen LogP contribution in [-0.4, -0.2) is 50.5 Å². The Morgan fingerprint density at radius 3 is 2.72 bits per heavy atom. The second kappa shape index (κ2) is 12.5. The van der Waals surface area contributed by atoms with E-state index >= 15 is 0 Å². The molecule has 1 aliphatic heterocycles. The summed E-state index contributed by atoms with van der Waals surface area (Å²) in [5.74, 6) is 1.32. The van der Waals surface area contributed by atoms with Crippen LogP contribution in [-0.2, 0) is 6.54 Å². The molecule has 0 saturated carbocycles. The van der Waals surface area contributed by atoms with Gasteiger partial charge in [-0.2, -0.15) is 8.78 Å². The van der Waals surface area contributed by atoms with Crippen LogP contribution in [0.4, 0.5) is 14.5 Å². The Balaban J connectivity index is 0.00000363. The third kappa shape index (κ3) is 7.01. The number of hydrogen-bond donors (Lipinski definition) is 3. The number of halogens is 3. The average Bonchev–Trinajstić information content (AvgIpc) is 3.20. The second-order valence-electron chi connectivity index (χ2n) is 7.12. The molecule has 2 aromatic rings. The molecule has 0 amide bonds. The Kier molecular flexibility index (Phi) is 10.1. The van der Waals surface area contributed by atoms with E-state index in [1.54, 1.807) is 30.3 Å². The molecule has 0 aliphatic carbocycles. The van der Waals surface area contributed by atoms with Crippen LogP contribution in [0.3, 0.4) is 0 Å². The van der Waals surface area contributed by atoms with Crippen molar-refractivity contribution in [2.45, 2.75) is 32.5 Å². The number of nitrogens with zero attached hydrogens (tertiary/aromatic N) is 2. The molecule has 1 saturated heterocycles. The number of methoxy groups -OCH3 is 1. The summed E-state index contributed by atoms with van der Waals surface area (Å²) in [6.45, 7) is 1.55. The molecule has 0 spiro atoms. The van der Waals surface area contributed by atoms with E-state index in [-0.39, 0.29) is 41.5 Å². The minimum Gasteiger partial charge on any atom is -0.504 e. The van der Waals surface area contributed by atoms with Crippen LogP contribution < -0.4 is 25.0 Å². The molecule has 176 valence electrons. The fourth-order valence-corrected chi connectivity index (χ4v) is 3.53. The van der Waals surface area contributed by atoms with E-state index < -0.39 is 6.61 Å². The zero-order valence-corrected chi connectivity index (χ0v) is 20.4. The minimum absolute atomic E-state index is 0. The van der Waals surface area contributed by atoms with E-state index in [1.807, 2.05) is 24.0 Å². The highest BCUT2D eigenvalue weighted by Gasteiger charge is 2.26. The quantitative estimate of drug-likeness (QED) is 0.257. The van der Waals surface area contributed by atoms with Crippen molar-refractivity contribution in [3.8, 4) is 17.2 Å². The third-order valence-corrected chi connectivity index (χ3v) is 4.96. The highest BCUT2D eigenvalue weighted by molar-refractivity contribution is 14.0. The van der Waals surface area contributed by atoms with Crippen LogP contribution in [0.1, 0.15) is 18.9 Å². The van der Waals surface area contributed by atoms with Gasteiger partial charge in [-0.1, -0.05) is 18.2 Å². The summed E-state index contributed by atoms with van der Waals surface area (Å²) >= 11 is 0. The summed E-state index contributed by atoms with van der Waals surface area (Å²) in [4.78, 5) is 6.63. The van der Waals surface area contributed by atoms with Crippen LogP contribution >= 0.6 is 24.0 Å². The van der Waals surface area contributed by atoms with E-state index in [9.17, 15) is 13.9 Å². The molecule has 32 heavy (non-hydrogen) atoms. The number of alkyl halides is 2. The van der Waals surface area contributed by atoms with Gasteiger partial charge in [-0.05, 0) is 43.2 Å². The van der Waals surface area contributed by atoms with Crippen LogP contribution in [0.25, 0.3) is 0 Å². The normalized spacial score (nSPS) is 16.0. The summed E-state index contributed by atoms with van der Waals surface area (Å²) in [6.07, 6.45) is 0.830. The monoisotopic (exact) mass is 562 g/mol. The maximum atomic E-state index is 12.7. The Morgan fingerprint density at radius 2 is 2.03 bits per heavy atom. The Morgan fingerprint density at radius 1 is 1.25 bits per heavy atom. The molecule has 0 radical (unpaired) electrons. The molecule has 0 bridgehead atoms. The first kappa shape index (κ1) is 25.8. The zero-order chi connectivity index (χ0) is 22.2. The van der Waals surface area contributed by atoms with Crippen molar-refractivity contribution in [1.82, 2.24) is 10.6 Å². The fraction of sp³-hybridized carbons (Fsp3) is 0.409. The molecular weight excluding hydrogens is 533 g/mol. The first-order chi connectivity index (χ1) is 15.0. The third-order valence-electron chi connectivity index (χ3n) is 4.96. The lowest BCUT2D eigenvalue weighted by atomic mass is 10.2. The number of hydrogen-bond acceptors (Lipinski definition) is 5. The maximum Gasteiger partial charge on any atom is 0.387 e. The number of benzene rings is 2. The van der Waals surface area contributed by atoms with Crippen molar-refractivity contribution in [1.29, 1.82) is 0 Å². The van der Waals surface area contributed by atoms with Gasteiger partial charge in [0.25, 0.3) is 0 Å². The minimum atomic E-state index is -2.86. The molecule has 7 nitrogen and oxygen atoms in total. The van der Waals surface area contributed by atoms with Gasteiger partial charge in [-0.15, -0.1) is 24.0 Å². The number of anilines is 1. The zero-order valence-electron chi connectivity index (χ0n) is 18.1. The van der Waals surface area contributed by atoms with E-state index in [2.05, 4.69) is 20.4 Å². The summed E-state index contributed by atoms with van der Waals surface area (Å²) in [5, 5.41) is 16.6. The number of phenols is 1. The van der Waals surface area contributed by atoms with Crippen LogP contribution in [0, 0.1) is 0 Å². The number of rotatable bonds is 8. The highest BCUT2D eigenvalue weighted by atomic mass is 127. The first-order valence-electron chi connectivity index (χ1n) is 10.2. The number of ether oxygens (including phenoxy) is 2. The summed E-state index contributed by atoms with van der Waals surface area (Å²) in [7, 11) is 1.50. The van der Waals surface area contributed by atoms with Crippen molar-refractivity contribution in [3.05, 3.63) is 48.0 Å². The molecule has 3 N–H and O–H groups in total. The van der Waals surface area contributed by atoms with E-state index in [1.165, 1.54) is 7.11 Å². The number of aromatic hydroxyl groups is 1. The van der Waals surface area contributed by atoms with Crippen LogP contribution in [0.5, 0.6) is 17.2 Å². The number of guanidine groups is 1. The molecule has 2 aromatic carbocycles. The van der Waals surface area contributed by atoms with Crippen LogP contribution in [0.15, 0.2) is 47.5 Å². The lowest BCUT2D eigenvalue weighted by Crippen LogP contribution is -2.44. The molecule has 1 heterocycles. The molecule has 0 aromatic heterocycles. The van der Waals surface area contributed by atoms with Gasteiger partial charge in [-0.3, -0.25) is 0 Å². The number of para-hydroxylation sites is 2. The molecule has 1 aliphatic rings. The van der Waals surface area contributed by atoms with Gasteiger partial charge in [-0.25, -0.2) is 4.99 Å². The standard InChI is InChI=1S/C22H28F2N4O3.HI/c1-3-25-22(26-13-15-8-9-20(30-2)18(29)12-15)27-16-10-11-28(14-16)17-6-4-5-7-19(17)31-21(23)24;/h4-9,12,16,21,29H,3,10-11,13-14H2,1-2H3,(H2,25,26,27);1H. The van der Waals surface area contributed by atoms with E-state index in [0.29, 0.717) is 43.6 Å². The predicted molar refractivity (Wildman–Crippen MR) is 132 cm³/mol. The van der Waals surface area contributed by atoms with Crippen molar-refractivity contribution in [3.63, 3.8) is 0 Å². The molecule has 1 atom stereocenters. The van der Waals surface area contributed by atoms with E-state index in [4.69, 9.17) is 4.74 Å². The largest absolute Gasteiger partial charge is 0.504 e. The topological polar surface area (TPSA) is 78.4 Å². The lowest BCUT2D eigenvalue weighted by Gasteiger charge is -2.22. The average molecular weight is 562 g/mol. The lowest BCUT2D eigenvalue weighted by molar-refractivity contribution is -0.0495. The van der Waals surface area contributed by atoms with Crippen LogP contribution in [0.2, 0.25) is 0 Å². The number of aliphatic imine (C=N–C) groups is 1. The molecule has 1 unspecified atom stereocenters.